The van der Waals surface area contributed by atoms with Crippen molar-refractivity contribution in [1.29, 1.82) is 0 Å². The molecule has 2 aromatic rings. The van der Waals surface area contributed by atoms with Gasteiger partial charge in [-0.15, -0.1) is 0 Å². The number of carbonyl (C=O) groups is 3. The Morgan fingerprint density at radius 2 is 1.81 bits per heavy atom. The molecule has 0 saturated heterocycles. The zero-order valence-electron chi connectivity index (χ0n) is 14.5. The first kappa shape index (κ1) is 17.0. The van der Waals surface area contributed by atoms with Crippen molar-refractivity contribution in [3.63, 3.8) is 0 Å². The molecule has 0 fully saturated rings. The van der Waals surface area contributed by atoms with Gasteiger partial charge in [0.2, 0.25) is 0 Å². The average Bonchev–Trinajstić information content (AvgIpc) is 2.94. The lowest BCUT2D eigenvalue weighted by Crippen LogP contribution is -2.27. The molecule has 4 rings (SSSR count). The Balaban J connectivity index is 1.94. The fraction of sp³-hybridized carbons (Fsp3) is 0.136. The molecular weight excluding hydrogens is 344 g/mol. The summed E-state index contributed by atoms with van der Waals surface area (Å²) in [7, 11) is 0. The molecule has 1 aliphatic carbocycles. The quantitative estimate of drug-likeness (QED) is 0.568. The summed E-state index contributed by atoms with van der Waals surface area (Å²) < 4.78 is 5.35. The molecule has 5 nitrogen and oxygen atoms in total. The number of ketones is 1. The number of carboxylic acids is 1. The van der Waals surface area contributed by atoms with Gasteiger partial charge in [-0.25, -0.2) is 9.59 Å². The predicted molar refractivity (Wildman–Crippen MR) is 98.8 cm³/mol. The second-order valence-corrected chi connectivity index (χ2v) is 6.44. The molecule has 27 heavy (non-hydrogen) atoms. The molecule has 5 heteroatoms. The highest BCUT2D eigenvalue weighted by Gasteiger charge is 2.36. The standard InChI is InChI=1S/C22H16O5/c1-2-5-17-13(10-11-18(23)27-17)15-9-8-14-12-6-3-4-7-16(12)21(24)19(14)20(15)22(25)26/h2-11,13,17H,1H3,(H,25,26)/b5-2+/t13-,17-/m0/s1. The maximum absolute atomic E-state index is 12.9. The van der Waals surface area contributed by atoms with Crippen LogP contribution in [0.15, 0.2) is 60.7 Å². The number of fused-ring (bicyclic) bond motifs is 3. The number of rotatable bonds is 3. The van der Waals surface area contributed by atoms with Crippen LogP contribution < -0.4 is 0 Å². The first-order chi connectivity index (χ1) is 13.0. The fourth-order valence-corrected chi connectivity index (χ4v) is 3.81. The summed E-state index contributed by atoms with van der Waals surface area (Å²) >= 11 is 0. The summed E-state index contributed by atoms with van der Waals surface area (Å²) in [6, 6.07) is 10.6. The lowest BCUT2D eigenvalue weighted by molar-refractivity contribution is -0.142. The van der Waals surface area contributed by atoms with Gasteiger partial charge >= 0.3 is 11.9 Å². The maximum atomic E-state index is 12.9. The van der Waals surface area contributed by atoms with Crippen LogP contribution >= 0.6 is 0 Å². The summed E-state index contributed by atoms with van der Waals surface area (Å²) in [5, 5.41) is 9.92. The average molecular weight is 360 g/mol. The van der Waals surface area contributed by atoms with E-state index in [0.717, 1.165) is 5.56 Å². The van der Waals surface area contributed by atoms with E-state index in [0.29, 0.717) is 16.7 Å². The van der Waals surface area contributed by atoms with Gasteiger partial charge in [0.25, 0.3) is 0 Å². The number of ether oxygens (including phenoxy) is 1. The van der Waals surface area contributed by atoms with Gasteiger partial charge in [0.15, 0.2) is 5.78 Å². The van der Waals surface area contributed by atoms with E-state index >= 15 is 0 Å². The van der Waals surface area contributed by atoms with E-state index in [9.17, 15) is 19.5 Å². The van der Waals surface area contributed by atoms with Crippen LogP contribution in [0.4, 0.5) is 0 Å². The Morgan fingerprint density at radius 3 is 2.52 bits per heavy atom. The molecule has 2 atom stereocenters. The van der Waals surface area contributed by atoms with Crippen molar-refractivity contribution < 1.29 is 24.2 Å². The van der Waals surface area contributed by atoms with Crippen molar-refractivity contribution in [3.05, 3.63) is 83.0 Å². The van der Waals surface area contributed by atoms with Crippen molar-refractivity contribution in [2.45, 2.75) is 18.9 Å². The number of cyclic esters (lactones) is 1. The molecule has 2 aromatic carbocycles. The number of esters is 1. The number of benzene rings is 2. The highest BCUT2D eigenvalue weighted by molar-refractivity contribution is 6.25. The lowest BCUT2D eigenvalue weighted by atomic mass is 9.84. The SMILES string of the molecule is C/C=C/[C@@H]1OC(=O)C=C[C@H]1c1ccc2c(c1C(=O)O)C(=O)c1ccccc1-2. The molecule has 0 spiro atoms. The molecule has 2 aliphatic rings. The minimum Gasteiger partial charge on any atom is -0.478 e. The predicted octanol–water partition coefficient (Wildman–Crippen LogP) is 3.74. The first-order valence-corrected chi connectivity index (χ1v) is 8.59. The van der Waals surface area contributed by atoms with Crippen LogP contribution in [-0.4, -0.2) is 28.9 Å². The van der Waals surface area contributed by atoms with E-state index in [2.05, 4.69) is 0 Å². The van der Waals surface area contributed by atoms with E-state index in [1.165, 1.54) is 6.08 Å². The Labute approximate surface area is 155 Å². The number of aromatic carboxylic acids is 1. The number of hydrogen-bond donors (Lipinski definition) is 1. The first-order valence-electron chi connectivity index (χ1n) is 8.59. The molecule has 0 unspecified atom stereocenters. The van der Waals surface area contributed by atoms with Crippen LogP contribution in [0.5, 0.6) is 0 Å². The van der Waals surface area contributed by atoms with Crippen molar-refractivity contribution in [1.82, 2.24) is 0 Å². The molecule has 0 aromatic heterocycles. The minimum absolute atomic E-state index is 0.0317. The third-order valence-electron chi connectivity index (χ3n) is 4.93. The fourth-order valence-electron chi connectivity index (χ4n) is 3.81. The molecule has 0 amide bonds. The van der Waals surface area contributed by atoms with Gasteiger partial charge in [-0.1, -0.05) is 48.6 Å². The van der Waals surface area contributed by atoms with Gasteiger partial charge in [0.1, 0.15) is 6.10 Å². The van der Waals surface area contributed by atoms with Gasteiger partial charge < -0.3 is 9.84 Å². The van der Waals surface area contributed by atoms with Crippen molar-refractivity contribution in [2.24, 2.45) is 0 Å². The van der Waals surface area contributed by atoms with E-state index < -0.39 is 24.0 Å². The van der Waals surface area contributed by atoms with E-state index in [4.69, 9.17) is 4.74 Å². The van der Waals surface area contributed by atoms with Gasteiger partial charge in [0, 0.05) is 23.1 Å². The summed E-state index contributed by atoms with van der Waals surface area (Å²) in [6.45, 7) is 1.80. The molecule has 134 valence electrons. The molecule has 0 radical (unpaired) electrons. The largest absolute Gasteiger partial charge is 0.478 e. The van der Waals surface area contributed by atoms with Crippen LogP contribution in [-0.2, 0) is 9.53 Å². The number of carboxylic acid groups (broad SMARTS) is 1. The number of hydrogen-bond acceptors (Lipinski definition) is 4. The number of carbonyl (C=O) groups excluding carboxylic acids is 2. The van der Waals surface area contributed by atoms with Crippen LogP contribution in [0.25, 0.3) is 11.1 Å². The summed E-state index contributed by atoms with van der Waals surface area (Å²) in [5.74, 6) is -2.42. The molecule has 0 bridgehead atoms. The molecule has 1 heterocycles. The van der Waals surface area contributed by atoms with Crippen molar-refractivity contribution in [2.75, 3.05) is 0 Å². The Kier molecular flexibility index (Phi) is 4.00. The molecular formula is C22H16O5. The van der Waals surface area contributed by atoms with Crippen molar-refractivity contribution in [3.8, 4) is 11.1 Å². The van der Waals surface area contributed by atoms with Gasteiger partial charge in [-0.2, -0.15) is 0 Å². The summed E-state index contributed by atoms with van der Waals surface area (Å²) in [4.78, 5) is 36.7. The van der Waals surface area contributed by atoms with Crippen LogP contribution in [0.1, 0.15) is 44.7 Å². The van der Waals surface area contributed by atoms with Crippen LogP contribution in [0.3, 0.4) is 0 Å². The Bertz CT molecular complexity index is 1040. The van der Waals surface area contributed by atoms with Gasteiger partial charge in [-0.3, -0.25) is 4.79 Å². The molecule has 0 saturated carbocycles. The monoisotopic (exact) mass is 360 g/mol. The summed E-state index contributed by atoms with van der Waals surface area (Å²) in [6.07, 6.45) is 5.76. The topological polar surface area (TPSA) is 80.7 Å². The van der Waals surface area contributed by atoms with Gasteiger partial charge in [0.05, 0.1) is 5.56 Å². The third kappa shape index (κ3) is 2.59. The van der Waals surface area contributed by atoms with Crippen LogP contribution in [0, 0.1) is 0 Å². The Morgan fingerprint density at radius 1 is 1.07 bits per heavy atom. The third-order valence-corrected chi connectivity index (χ3v) is 4.93. The van der Waals surface area contributed by atoms with E-state index in [1.807, 2.05) is 12.1 Å². The second-order valence-electron chi connectivity index (χ2n) is 6.44. The smallest absolute Gasteiger partial charge is 0.336 e. The van der Waals surface area contributed by atoms with Crippen LogP contribution in [0.2, 0.25) is 0 Å². The molecule has 1 N–H and O–H groups in total. The zero-order valence-corrected chi connectivity index (χ0v) is 14.5. The highest BCUT2D eigenvalue weighted by Crippen LogP contribution is 2.42. The highest BCUT2D eigenvalue weighted by atomic mass is 16.5. The van der Waals surface area contributed by atoms with Crippen molar-refractivity contribution >= 4 is 17.7 Å². The van der Waals surface area contributed by atoms with Gasteiger partial charge in [-0.05, 0) is 29.7 Å². The lowest BCUT2D eigenvalue weighted by Gasteiger charge is -2.27. The van der Waals surface area contributed by atoms with E-state index in [1.54, 1.807) is 49.4 Å². The second kappa shape index (κ2) is 6.36. The summed E-state index contributed by atoms with van der Waals surface area (Å²) in [5.41, 5.74) is 2.48. The maximum Gasteiger partial charge on any atom is 0.336 e. The molecule has 1 aliphatic heterocycles. The Hall–Kier alpha value is -3.47. The van der Waals surface area contributed by atoms with E-state index in [-0.39, 0.29) is 16.9 Å². The zero-order chi connectivity index (χ0) is 19.1. The normalized spacial score (nSPS) is 20.5. The minimum atomic E-state index is -1.17. The number of allylic oxidation sites excluding steroid dienone is 1.